The molecule has 1 aliphatic heterocycles. The molecule has 1 N–H and O–H groups in total. The summed E-state index contributed by atoms with van der Waals surface area (Å²) >= 11 is 0. The number of piperidine rings is 1. The summed E-state index contributed by atoms with van der Waals surface area (Å²) in [5, 5.41) is 9.54. The maximum absolute atomic E-state index is 12.3. The number of rotatable bonds is 4. The van der Waals surface area contributed by atoms with Crippen LogP contribution in [0.25, 0.3) is 0 Å². The zero-order chi connectivity index (χ0) is 15.6. The number of aryl methyl sites for hydroxylation is 1. The lowest BCUT2D eigenvalue weighted by atomic mass is 9.83. The first kappa shape index (κ1) is 15.5. The van der Waals surface area contributed by atoms with Crippen LogP contribution >= 0.6 is 0 Å². The van der Waals surface area contributed by atoms with Gasteiger partial charge in [-0.05, 0) is 24.8 Å². The molecule has 1 aliphatic rings. The Labute approximate surface area is 125 Å². The molecule has 1 saturated heterocycles. The molecule has 1 fully saturated rings. The number of aliphatic carboxylic acids is 1. The highest BCUT2D eigenvalue weighted by Crippen LogP contribution is 2.37. The van der Waals surface area contributed by atoms with Crippen molar-refractivity contribution in [1.29, 1.82) is 0 Å². The normalized spacial score (nSPS) is 22.7. The van der Waals surface area contributed by atoms with Crippen molar-refractivity contribution >= 4 is 11.9 Å². The van der Waals surface area contributed by atoms with Crippen LogP contribution in [-0.4, -0.2) is 28.4 Å². The highest BCUT2D eigenvalue weighted by molar-refractivity contribution is 5.81. The number of amides is 1. The third-order valence-corrected chi connectivity index (χ3v) is 3.97. The molecule has 1 aromatic rings. The standard InChI is InChI=1S/C17H23NO3/c1-11(2)10-18-15(19)8-7-14(17(20)21)16(18)13-6-4-5-12(3)9-13/h4-6,9,11,14,16H,7-8,10H2,1-3H3,(H,20,21). The SMILES string of the molecule is Cc1cccc(C2C(C(=O)O)CCC(=O)N2CC(C)C)c1. The molecule has 0 radical (unpaired) electrons. The number of carbonyl (C=O) groups excluding carboxylic acids is 1. The van der Waals surface area contributed by atoms with Crippen LogP contribution in [0.3, 0.4) is 0 Å². The van der Waals surface area contributed by atoms with E-state index < -0.39 is 11.9 Å². The van der Waals surface area contributed by atoms with Crippen molar-refractivity contribution in [1.82, 2.24) is 4.90 Å². The average molecular weight is 289 g/mol. The monoisotopic (exact) mass is 289 g/mol. The Bertz CT molecular complexity index is 539. The first-order valence-electron chi connectivity index (χ1n) is 7.49. The number of hydrogen-bond acceptors (Lipinski definition) is 2. The van der Waals surface area contributed by atoms with E-state index in [1.165, 1.54) is 0 Å². The zero-order valence-electron chi connectivity index (χ0n) is 12.9. The summed E-state index contributed by atoms with van der Waals surface area (Å²) in [5.41, 5.74) is 2.01. The molecule has 2 unspecified atom stereocenters. The van der Waals surface area contributed by atoms with E-state index in [1.807, 2.05) is 45.0 Å². The van der Waals surface area contributed by atoms with Crippen molar-refractivity contribution in [3.05, 3.63) is 35.4 Å². The molecule has 4 nitrogen and oxygen atoms in total. The number of carboxylic acids is 1. The largest absolute Gasteiger partial charge is 0.481 e. The fourth-order valence-electron chi connectivity index (χ4n) is 3.09. The van der Waals surface area contributed by atoms with Gasteiger partial charge in [-0.3, -0.25) is 9.59 Å². The minimum Gasteiger partial charge on any atom is -0.481 e. The van der Waals surface area contributed by atoms with Crippen LogP contribution in [0.5, 0.6) is 0 Å². The fourth-order valence-corrected chi connectivity index (χ4v) is 3.09. The van der Waals surface area contributed by atoms with E-state index in [9.17, 15) is 14.7 Å². The molecule has 0 aliphatic carbocycles. The Morgan fingerprint density at radius 2 is 2.14 bits per heavy atom. The van der Waals surface area contributed by atoms with Gasteiger partial charge in [0.25, 0.3) is 0 Å². The molecule has 2 atom stereocenters. The van der Waals surface area contributed by atoms with Gasteiger partial charge in [0.15, 0.2) is 0 Å². The molecule has 21 heavy (non-hydrogen) atoms. The summed E-state index contributed by atoms with van der Waals surface area (Å²) in [5.74, 6) is -0.965. The summed E-state index contributed by atoms with van der Waals surface area (Å²) in [6.45, 7) is 6.67. The van der Waals surface area contributed by atoms with Crippen molar-refractivity contribution in [2.75, 3.05) is 6.54 Å². The first-order chi connectivity index (χ1) is 9.90. The van der Waals surface area contributed by atoms with E-state index >= 15 is 0 Å². The number of carbonyl (C=O) groups is 2. The highest BCUT2D eigenvalue weighted by Gasteiger charge is 2.40. The fraction of sp³-hybridized carbons (Fsp3) is 0.529. The van der Waals surface area contributed by atoms with Gasteiger partial charge in [0, 0.05) is 13.0 Å². The third-order valence-electron chi connectivity index (χ3n) is 3.97. The van der Waals surface area contributed by atoms with Crippen LogP contribution in [0.15, 0.2) is 24.3 Å². The molecule has 114 valence electrons. The lowest BCUT2D eigenvalue weighted by molar-refractivity contribution is -0.152. The first-order valence-corrected chi connectivity index (χ1v) is 7.49. The van der Waals surface area contributed by atoms with Crippen molar-refractivity contribution in [3.8, 4) is 0 Å². The second-order valence-corrected chi connectivity index (χ2v) is 6.28. The third kappa shape index (κ3) is 3.43. The Balaban J connectivity index is 2.43. The molecule has 0 bridgehead atoms. The van der Waals surface area contributed by atoms with Gasteiger partial charge in [0.05, 0.1) is 12.0 Å². The second kappa shape index (κ2) is 6.29. The predicted molar refractivity (Wildman–Crippen MR) is 80.8 cm³/mol. The second-order valence-electron chi connectivity index (χ2n) is 6.28. The summed E-state index contributed by atoms with van der Waals surface area (Å²) in [4.78, 5) is 25.7. The number of carboxylic acid groups (broad SMARTS) is 1. The summed E-state index contributed by atoms with van der Waals surface area (Å²) < 4.78 is 0. The van der Waals surface area contributed by atoms with E-state index in [0.717, 1.165) is 11.1 Å². The molecule has 0 spiro atoms. The quantitative estimate of drug-likeness (QED) is 0.927. The van der Waals surface area contributed by atoms with Gasteiger partial charge in [-0.25, -0.2) is 0 Å². The molecule has 1 heterocycles. The van der Waals surface area contributed by atoms with Crippen molar-refractivity contribution in [3.63, 3.8) is 0 Å². The van der Waals surface area contributed by atoms with E-state index in [1.54, 1.807) is 4.90 Å². The van der Waals surface area contributed by atoms with Crippen LogP contribution in [-0.2, 0) is 9.59 Å². The van der Waals surface area contributed by atoms with Gasteiger partial charge in [-0.15, -0.1) is 0 Å². The molecular formula is C17H23NO3. The Kier molecular flexibility index (Phi) is 4.66. The summed E-state index contributed by atoms with van der Waals surface area (Å²) in [7, 11) is 0. The van der Waals surface area contributed by atoms with Crippen LogP contribution in [0, 0.1) is 18.8 Å². The Hall–Kier alpha value is -1.84. The van der Waals surface area contributed by atoms with Gasteiger partial charge in [-0.2, -0.15) is 0 Å². The van der Waals surface area contributed by atoms with Gasteiger partial charge < -0.3 is 10.0 Å². The van der Waals surface area contributed by atoms with Crippen molar-refractivity contribution in [2.24, 2.45) is 11.8 Å². The van der Waals surface area contributed by atoms with Crippen molar-refractivity contribution in [2.45, 2.75) is 39.7 Å². The summed E-state index contributed by atoms with van der Waals surface area (Å²) in [6, 6.07) is 7.48. The topological polar surface area (TPSA) is 57.6 Å². The van der Waals surface area contributed by atoms with Gasteiger partial charge in [0.1, 0.15) is 0 Å². The van der Waals surface area contributed by atoms with Crippen LogP contribution in [0.4, 0.5) is 0 Å². The number of benzene rings is 1. The minimum absolute atomic E-state index is 0.0627. The number of hydrogen-bond donors (Lipinski definition) is 1. The minimum atomic E-state index is -0.817. The molecule has 0 saturated carbocycles. The molecular weight excluding hydrogens is 266 g/mol. The smallest absolute Gasteiger partial charge is 0.308 e. The predicted octanol–water partition coefficient (Wildman–Crippen LogP) is 3.02. The van der Waals surface area contributed by atoms with E-state index in [2.05, 4.69) is 0 Å². The molecule has 2 rings (SSSR count). The molecule has 4 heteroatoms. The van der Waals surface area contributed by atoms with E-state index in [4.69, 9.17) is 0 Å². The Morgan fingerprint density at radius 3 is 2.71 bits per heavy atom. The average Bonchev–Trinajstić information content (AvgIpc) is 2.40. The van der Waals surface area contributed by atoms with Gasteiger partial charge in [-0.1, -0.05) is 43.7 Å². The van der Waals surface area contributed by atoms with E-state index in [-0.39, 0.29) is 11.9 Å². The van der Waals surface area contributed by atoms with Crippen LogP contribution in [0.1, 0.15) is 43.9 Å². The van der Waals surface area contributed by atoms with Crippen LogP contribution < -0.4 is 0 Å². The maximum Gasteiger partial charge on any atom is 0.308 e. The molecule has 0 aromatic heterocycles. The Morgan fingerprint density at radius 1 is 1.43 bits per heavy atom. The van der Waals surface area contributed by atoms with Gasteiger partial charge >= 0.3 is 5.97 Å². The number of nitrogens with zero attached hydrogens (tertiary/aromatic N) is 1. The van der Waals surface area contributed by atoms with Crippen LogP contribution in [0.2, 0.25) is 0 Å². The number of likely N-dealkylation sites (tertiary alicyclic amines) is 1. The zero-order valence-corrected chi connectivity index (χ0v) is 12.9. The summed E-state index contributed by atoms with van der Waals surface area (Å²) in [6.07, 6.45) is 0.743. The lowest BCUT2D eigenvalue weighted by Gasteiger charge is -2.40. The maximum atomic E-state index is 12.3. The van der Waals surface area contributed by atoms with Gasteiger partial charge in [0.2, 0.25) is 5.91 Å². The highest BCUT2D eigenvalue weighted by atomic mass is 16.4. The molecule has 1 amide bonds. The van der Waals surface area contributed by atoms with E-state index in [0.29, 0.717) is 25.3 Å². The van der Waals surface area contributed by atoms with Crippen molar-refractivity contribution < 1.29 is 14.7 Å². The molecule has 1 aromatic carbocycles. The lowest BCUT2D eigenvalue weighted by Crippen LogP contribution is -2.46.